The van der Waals surface area contributed by atoms with Crippen LogP contribution in [0.3, 0.4) is 0 Å². The third kappa shape index (κ3) is 5.80. The van der Waals surface area contributed by atoms with Gasteiger partial charge in [-0.25, -0.2) is 0 Å². The van der Waals surface area contributed by atoms with Crippen LogP contribution in [0.25, 0.3) is 0 Å². The Morgan fingerprint density at radius 3 is 1.87 bits per heavy atom. The van der Waals surface area contributed by atoms with Crippen LogP contribution in [0.4, 0.5) is 0 Å². The van der Waals surface area contributed by atoms with Crippen molar-refractivity contribution in [3.63, 3.8) is 0 Å². The summed E-state index contributed by atoms with van der Waals surface area (Å²) in [6.07, 6.45) is -5.03. The topological polar surface area (TPSA) is 124 Å². The molecule has 0 spiro atoms. The van der Waals surface area contributed by atoms with Gasteiger partial charge in [-0.05, 0) is 0 Å². The minimum atomic E-state index is -1.76. The molecule has 10 heteroatoms. The zero-order valence-electron chi connectivity index (χ0n) is 18.0. The predicted molar refractivity (Wildman–Crippen MR) is 103 cm³/mol. The molecule has 0 N–H and O–H groups in total. The maximum atomic E-state index is 12.0. The molecule has 10 nitrogen and oxygen atoms in total. The van der Waals surface area contributed by atoms with E-state index in [1.165, 1.54) is 21.0 Å². The summed E-state index contributed by atoms with van der Waals surface area (Å²) in [6, 6.07) is 8.52. The van der Waals surface area contributed by atoms with Gasteiger partial charge in [-0.2, -0.15) is 0 Å². The molecule has 0 radical (unpaired) electrons. The summed E-state index contributed by atoms with van der Waals surface area (Å²) in [7, 11) is 1.32. The molecule has 0 aliphatic carbocycles. The molecule has 1 aromatic rings. The number of benzene rings is 1. The lowest BCUT2D eigenvalue weighted by molar-refractivity contribution is -0.367. The quantitative estimate of drug-likeness (QED) is 0.454. The molecule has 1 aliphatic heterocycles. The molecule has 1 aliphatic rings. The van der Waals surface area contributed by atoms with Crippen LogP contribution in [0.15, 0.2) is 30.3 Å². The Balaban J connectivity index is 2.66. The summed E-state index contributed by atoms with van der Waals surface area (Å²) >= 11 is 0. The molecule has 2 rings (SSSR count). The van der Waals surface area contributed by atoms with E-state index in [0.717, 1.165) is 13.8 Å². The Kier molecular flexibility index (Phi) is 8.12. The maximum Gasteiger partial charge on any atom is 0.303 e. The molecule has 0 saturated carbocycles. The van der Waals surface area contributed by atoms with E-state index in [2.05, 4.69) is 0 Å². The Labute approximate surface area is 179 Å². The molecule has 0 amide bonds. The van der Waals surface area contributed by atoms with Gasteiger partial charge in [0.25, 0.3) is 0 Å². The van der Waals surface area contributed by atoms with Crippen molar-refractivity contribution in [2.24, 2.45) is 0 Å². The van der Waals surface area contributed by atoms with Gasteiger partial charge in [0, 0.05) is 40.4 Å². The molecule has 1 aromatic carbocycles. The van der Waals surface area contributed by atoms with Crippen molar-refractivity contribution in [3.05, 3.63) is 35.9 Å². The van der Waals surface area contributed by atoms with Crippen molar-refractivity contribution >= 4 is 23.9 Å². The molecule has 1 unspecified atom stereocenters. The second kappa shape index (κ2) is 10.4. The lowest BCUT2D eigenvalue weighted by atomic mass is 9.87. The number of esters is 4. The van der Waals surface area contributed by atoms with Crippen molar-refractivity contribution in [3.8, 4) is 0 Å². The first kappa shape index (κ1) is 24.3. The lowest BCUT2D eigenvalue weighted by Crippen LogP contribution is -2.67. The Morgan fingerprint density at radius 1 is 0.839 bits per heavy atom. The van der Waals surface area contributed by atoms with Gasteiger partial charge in [0.1, 0.15) is 12.7 Å². The summed E-state index contributed by atoms with van der Waals surface area (Å²) < 4.78 is 33.2. The summed E-state index contributed by atoms with van der Waals surface area (Å²) in [5.74, 6) is -4.48. The zero-order chi connectivity index (χ0) is 23.2. The van der Waals surface area contributed by atoms with Crippen molar-refractivity contribution < 1.29 is 47.6 Å². The van der Waals surface area contributed by atoms with Crippen LogP contribution in [0.5, 0.6) is 0 Å². The van der Waals surface area contributed by atoms with E-state index in [4.69, 9.17) is 28.4 Å². The summed E-state index contributed by atoms with van der Waals surface area (Å²) in [5, 5.41) is 0. The molecule has 1 fully saturated rings. The number of ether oxygens (including phenoxy) is 6. The van der Waals surface area contributed by atoms with Crippen LogP contribution in [0, 0.1) is 0 Å². The number of hydrogen-bond acceptors (Lipinski definition) is 10. The monoisotopic (exact) mass is 438 g/mol. The molecular formula is C21H26O10. The standard InChI is InChI=1S/C21H26O10/c1-12(22)27-11-17-18(28-13(2)23)19(29-14(3)24)20(30-15(4)25)21(26-5,31-17)16-9-7-6-8-10-16/h6-10,17-20H,11H2,1-5H3/t17-,18-,19+,20-,21?/m1/s1. The van der Waals surface area contributed by atoms with Gasteiger partial charge in [0.2, 0.25) is 11.9 Å². The van der Waals surface area contributed by atoms with E-state index in [1.807, 2.05) is 0 Å². The highest BCUT2D eigenvalue weighted by Gasteiger charge is 2.61. The van der Waals surface area contributed by atoms with E-state index in [0.29, 0.717) is 5.56 Å². The predicted octanol–water partition coefficient (Wildman–Crippen LogP) is 1.24. The van der Waals surface area contributed by atoms with E-state index < -0.39 is 54.1 Å². The smallest absolute Gasteiger partial charge is 0.303 e. The first-order valence-corrected chi connectivity index (χ1v) is 9.54. The van der Waals surface area contributed by atoms with Crippen molar-refractivity contribution in [1.82, 2.24) is 0 Å². The third-order valence-corrected chi connectivity index (χ3v) is 4.52. The highest BCUT2D eigenvalue weighted by atomic mass is 16.7. The van der Waals surface area contributed by atoms with Crippen LogP contribution in [0.1, 0.15) is 33.3 Å². The summed E-state index contributed by atoms with van der Waals surface area (Å²) in [4.78, 5) is 47.1. The average Bonchev–Trinajstić information content (AvgIpc) is 2.69. The fourth-order valence-corrected chi connectivity index (χ4v) is 3.45. The number of rotatable bonds is 7. The van der Waals surface area contributed by atoms with E-state index in [9.17, 15) is 19.2 Å². The van der Waals surface area contributed by atoms with E-state index >= 15 is 0 Å². The van der Waals surface area contributed by atoms with E-state index in [1.54, 1.807) is 30.3 Å². The van der Waals surface area contributed by atoms with Gasteiger partial charge in [0.15, 0.2) is 12.2 Å². The molecule has 1 heterocycles. The first-order chi connectivity index (χ1) is 14.6. The second-order valence-electron chi connectivity index (χ2n) is 6.87. The molecular weight excluding hydrogens is 412 g/mol. The van der Waals surface area contributed by atoms with Gasteiger partial charge in [-0.1, -0.05) is 30.3 Å². The number of carbonyl (C=O) groups is 4. The van der Waals surface area contributed by atoms with Crippen molar-refractivity contribution in [2.75, 3.05) is 13.7 Å². The Hall–Kier alpha value is -2.98. The fraction of sp³-hybridized carbons (Fsp3) is 0.524. The molecule has 1 saturated heterocycles. The van der Waals surface area contributed by atoms with Gasteiger partial charge < -0.3 is 28.4 Å². The third-order valence-electron chi connectivity index (χ3n) is 4.52. The van der Waals surface area contributed by atoms with Gasteiger partial charge in [-0.3, -0.25) is 19.2 Å². The molecule has 5 atom stereocenters. The number of carbonyl (C=O) groups excluding carboxylic acids is 4. The van der Waals surface area contributed by atoms with Crippen LogP contribution >= 0.6 is 0 Å². The minimum absolute atomic E-state index is 0.338. The SMILES string of the molecule is COC1(c2ccccc2)O[C@H](COC(C)=O)[C@@H](OC(C)=O)[C@H](OC(C)=O)[C@H]1OC(C)=O. The highest BCUT2D eigenvalue weighted by Crippen LogP contribution is 2.43. The average molecular weight is 438 g/mol. The Bertz CT molecular complexity index is 808. The van der Waals surface area contributed by atoms with Crippen LogP contribution in [-0.4, -0.2) is 62.0 Å². The van der Waals surface area contributed by atoms with Gasteiger partial charge in [-0.15, -0.1) is 0 Å². The largest absolute Gasteiger partial charge is 0.463 e. The molecule has 31 heavy (non-hydrogen) atoms. The molecule has 0 bridgehead atoms. The Morgan fingerprint density at radius 2 is 1.39 bits per heavy atom. The van der Waals surface area contributed by atoms with Crippen molar-refractivity contribution in [1.29, 1.82) is 0 Å². The zero-order valence-corrected chi connectivity index (χ0v) is 18.0. The first-order valence-electron chi connectivity index (χ1n) is 9.54. The normalized spacial score (nSPS) is 27.6. The van der Waals surface area contributed by atoms with E-state index in [-0.39, 0.29) is 6.61 Å². The number of hydrogen-bond donors (Lipinski definition) is 0. The highest BCUT2D eigenvalue weighted by molar-refractivity contribution is 5.69. The summed E-state index contributed by atoms with van der Waals surface area (Å²) in [6.45, 7) is 4.35. The molecule has 170 valence electrons. The van der Waals surface area contributed by atoms with Crippen LogP contribution < -0.4 is 0 Å². The van der Waals surface area contributed by atoms with Crippen LogP contribution in [-0.2, 0) is 53.4 Å². The van der Waals surface area contributed by atoms with Crippen LogP contribution in [0.2, 0.25) is 0 Å². The summed E-state index contributed by atoms with van der Waals surface area (Å²) in [5.41, 5.74) is 0.440. The van der Waals surface area contributed by atoms with Crippen molar-refractivity contribution in [2.45, 2.75) is 57.9 Å². The van der Waals surface area contributed by atoms with Gasteiger partial charge in [0.05, 0.1) is 0 Å². The lowest BCUT2D eigenvalue weighted by Gasteiger charge is -2.50. The molecule has 0 aromatic heterocycles. The second-order valence-corrected chi connectivity index (χ2v) is 6.87. The minimum Gasteiger partial charge on any atom is -0.463 e. The van der Waals surface area contributed by atoms with Gasteiger partial charge >= 0.3 is 23.9 Å². The maximum absolute atomic E-state index is 12.0. The fourth-order valence-electron chi connectivity index (χ4n) is 3.45. The number of methoxy groups -OCH3 is 1.